The van der Waals surface area contributed by atoms with E-state index in [9.17, 15) is 9.90 Å². The van der Waals surface area contributed by atoms with Gasteiger partial charge in [-0.25, -0.2) is 4.79 Å². The maximum absolute atomic E-state index is 11.3. The van der Waals surface area contributed by atoms with E-state index >= 15 is 0 Å². The van der Waals surface area contributed by atoms with Gasteiger partial charge in [-0.15, -0.1) is 0 Å². The predicted octanol–water partition coefficient (Wildman–Crippen LogP) is 5.83. The van der Waals surface area contributed by atoms with Gasteiger partial charge in [-0.3, -0.25) is 0 Å². The maximum atomic E-state index is 11.3. The Kier molecular flexibility index (Phi) is 9.19. The van der Waals surface area contributed by atoms with Crippen LogP contribution in [0, 0.1) is 11.3 Å². The summed E-state index contributed by atoms with van der Waals surface area (Å²) in [7, 11) is -0.352. The highest BCUT2D eigenvalue weighted by atomic mass is 28.4. The van der Waals surface area contributed by atoms with Crippen molar-refractivity contribution in [2.75, 3.05) is 20.2 Å². The van der Waals surface area contributed by atoms with Crippen LogP contribution >= 0.6 is 0 Å². The van der Waals surface area contributed by atoms with E-state index in [-0.39, 0.29) is 5.92 Å². The van der Waals surface area contributed by atoms with E-state index < -0.39 is 14.4 Å². The highest BCUT2D eigenvalue weighted by molar-refractivity contribution is 6.77. The number of nitriles is 1. The number of hydrogen-bond acceptors (Lipinski definition) is 3. The lowest BCUT2D eigenvalue weighted by Gasteiger charge is -2.42. The van der Waals surface area contributed by atoms with E-state index in [0.717, 1.165) is 12.0 Å². The van der Waals surface area contributed by atoms with E-state index in [0.29, 0.717) is 35.3 Å². The summed E-state index contributed by atoms with van der Waals surface area (Å²) in [6.07, 6.45) is -0.181. The number of amides is 1. The van der Waals surface area contributed by atoms with E-state index in [2.05, 4.69) is 47.6 Å². The molecule has 1 amide bonds. The molecule has 1 atom stereocenters. The third-order valence-corrected chi connectivity index (χ3v) is 12.0. The molecule has 0 aliphatic rings. The van der Waals surface area contributed by atoms with Crippen LogP contribution in [0.15, 0.2) is 24.3 Å². The van der Waals surface area contributed by atoms with Crippen molar-refractivity contribution < 1.29 is 14.3 Å². The van der Waals surface area contributed by atoms with Crippen LogP contribution in [-0.2, 0) is 4.43 Å². The molecule has 5 nitrogen and oxygen atoms in total. The minimum atomic E-state index is -1.94. The summed E-state index contributed by atoms with van der Waals surface area (Å²) >= 11 is 0. The zero-order chi connectivity index (χ0) is 21.5. The molecule has 0 spiro atoms. The molecule has 0 fully saturated rings. The first-order chi connectivity index (χ1) is 13.1. The van der Waals surface area contributed by atoms with Crippen molar-refractivity contribution in [3.05, 3.63) is 35.4 Å². The van der Waals surface area contributed by atoms with Gasteiger partial charge in [0.2, 0.25) is 0 Å². The Labute approximate surface area is 171 Å². The smallest absolute Gasteiger partial charge is 0.407 e. The molecule has 1 aromatic carbocycles. The zero-order valence-corrected chi connectivity index (χ0v) is 19.4. The minimum Gasteiger partial charge on any atom is -0.465 e. The van der Waals surface area contributed by atoms with Gasteiger partial charge in [0, 0.05) is 26.1 Å². The minimum absolute atomic E-state index is 0.0343. The molecule has 0 saturated heterocycles. The van der Waals surface area contributed by atoms with Crippen LogP contribution in [-0.4, -0.2) is 44.6 Å². The molecule has 1 unspecified atom stereocenters. The van der Waals surface area contributed by atoms with Gasteiger partial charge >= 0.3 is 6.09 Å². The van der Waals surface area contributed by atoms with Gasteiger partial charge in [-0.05, 0) is 40.7 Å². The number of rotatable bonds is 10. The molecule has 0 bridgehead atoms. The van der Waals surface area contributed by atoms with Crippen molar-refractivity contribution in [1.29, 1.82) is 5.26 Å². The fourth-order valence-electron chi connectivity index (χ4n) is 4.48. The van der Waals surface area contributed by atoms with E-state index in [4.69, 9.17) is 9.69 Å². The molecule has 0 aliphatic heterocycles. The molecule has 0 heterocycles. The van der Waals surface area contributed by atoms with Gasteiger partial charge in [0.05, 0.1) is 11.6 Å². The van der Waals surface area contributed by atoms with Crippen molar-refractivity contribution in [2.24, 2.45) is 0 Å². The Morgan fingerprint density at radius 3 is 2.00 bits per heavy atom. The van der Waals surface area contributed by atoms with Gasteiger partial charge in [-0.1, -0.05) is 53.7 Å². The lowest BCUT2D eigenvalue weighted by atomic mass is 9.95. The number of carboxylic acid groups (broad SMARTS) is 1. The molecule has 6 heteroatoms. The van der Waals surface area contributed by atoms with Crippen LogP contribution in [0.3, 0.4) is 0 Å². The molecule has 0 aromatic heterocycles. The largest absolute Gasteiger partial charge is 0.465 e. The van der Waals surface area contributed by atoms with Crippen LogP contribution in [0.25, 0.3) is 0 Å². The van der Waals surface area contributed by atoms with Crippen molar-refractivity contribution in [3.63, 3.8) is 0 Å². The zero-order valence-electron chi connectivity index (χ0n) is 18.4. The lowest BCUT2D eigenvalue weighted by Crippen LogP contribution is -2.48. The number of nitrogens with zero attached hydrogens (tertiary/aromatic N) is 2. The average molecular weight is 405 g/mol. The summed E-state index contributed by atoms with van der Waals surface area (Å²) in [5.74, 6) is 0.0343. The second kappa shape index (κ2) is 10.6. The first kappa shape index (κ1) is 24.2. The summed E-state index contributed by atoms with van der Waals surface area (Å²) in [5.41, 5.74) is 3.20. The summed E-state index contributed by atoms with van der Waals surface area (Å²) in [6.45, 7) is 14.6. The lowest BCUT2D eigenvalue weighted by molar-refractivity contribution is 0.150. The van der Waals surface area contributed by atoms with E-state index in [1.54, 1.807) is 19.2 Å². The number of hydrogen-bond donors (Lipinski definition) is 1. The second-order valence-electron chi connectivity index (χ2n) is 8.55. The third-order valence-electron chi connectivity index (χ3n) is 5.86. The standard InChI is InChI=1S/C22H36N2O3Si/c1-16(2)28(17(3)4,18(5)6)27-13-12-21(15-24(7)22(25)26)20-10-8-19(14-23)9-11-20/h8-11,16-18,21H,12-13,15H2,1-7H3,(H,25,26). The summed E-state index contributed by atoms with van der Waals surface area (Å²) in [6, 6.07) is 9.57. The fourth-order valence-corrected chi connectivity index (χ4v) is 9.95. The maximum Gasteiger partial charge on any atom is 0.407 e. The monoisotopic (exact) mass is 404 g/mol. The molecule has 1 N–H and O–H groups in total. The molecule has 0 aliphatic carbocycles. The number of carbonyl (C=O) groups is 1. The first-order valence-corrected chi connectivity index (χ1v) is 12.3. The van der Waals surface area contributed by atoms with Crippen LogP contribution in [0.2, 0.25) is 16.6 Å². The summed E-state index contributed by atoms with van der Waals surface area (Å²) in [4.78, 5) is 12.6. The SMILES string of the molecule is CC(C)[Si](OCCC(CN(C)C(=O)O)c1ccc(C#N)cc1)(C(C)C)C(C)C. The average Bonchev–Trinajstić information content (AvgIpc) is 2.63. The van der Waals surface area contributed by atoms with Crippen LogP contribution in [0.1, 0.15) is 65.0 Å². The van der Waals surface area contributed by atoms with E-state index in [1.165, 1.54) is 4.90 Å². The molecule has 0 radical (unpaired) electrons. The normalized spacial score (nSPS) is 13.0. The predicted molar refractivity (Wildman–Crippen MR) is 116 cm³/mol. The van der Waals surface area contributed by atoms with Gasteiger partial charge < -0.3 is 14.4 Å². The fraction of sp³-hybridized carbons (Fsp3) is 0.636. The first-order valence-electron chi connectivity index (χ1n) is 10.1. The van der Waals surface area contributed by atoms with Gasteiger partial charge in [-0.2, -0.15) is 5.26 Å². The van der Waals surface area contributed by atoms with E-state index in [1.807, 2.05) is 12.1 Å². The molecule has 1 aromatic rings. The highest BCUT2D eigenvalue weighted by Gasteiger charge is 2.44. The van der Waals surface area contributed by atoms with Crippen LogP contribution in [0.5, 0.6) is 0 Å². The van der Waals surface area contributed by atoms with Crippen LogP contribution < -0.4 is 0 Å². The number of benzene rings is 1. The molecule has 28 heavy (non-hydrogen) atoms. The Morgan fingerprint density at radius 1 is 1.11 bits per heavy atom. The molecular formula is C22H36N2O3Si. The van der Waals surface area contributed by atoms with Crippen molar-refractivity contribution >= 4 is 14.4 Å². The molecule has 156 valence electrons. The van der Waals surface area contributed by atoms with Gasteiger partial charge in [0.1, 0.15) is 0 Å². The highest BCUT2D eigenvalue weighted by Crippen LogP contribution is 2.42. The summed E-state index contributed by atoms with van der Waals surface area (Å²) in [5, 5.41) is 18.3. The van der Waals surface area contributed by atoms with Crippen molar-refractivity contribution in [2.45, 2.75) is 70.5 Å². The van der Waals surface area contributed by atoms with Gasteiger partial charge in [0.25, 0.3) is 0 Å². The third kappa shape index (κ3) is 5.83. The molecule has 0 saturated carbocycles. The van der Waals surface area contributed by atoms with Gasteiger partial charge in [0.15, 0.2) is 8.32 Å². The Hall–Kier alpha value is -1.84. The van der Waals surface area contributed by atoms with Crippen LogP contribution in [0.4, 0.5) is 4.79 Å². The number of likely N-dealkylation sites (N-methyl/N-ethyl adjacent to an activating group) is 1. The quantitative estimate of drug-likeness (QED) is 0.498. The molecule has 1 rings (SSSR count). The topological polar surface area (TPSA) is 73.6 Å². The Balaban J connectivity index is 2.99. The van der Waals surface area contributed by atoms with Crippen molar-refractivity contribution in [1.82, 2.24) is 4.90 Å². The van der Waals surface area contributed by atoms with Crippen molar-refractivity contribution in [3.8, 4) is 6.07 Å². The molecular weight excluding hydrogens is 368 g/mol. The second-order valence-corrected chi connectivity index (χ2v) is 14.0. The summed E-state index contributed by atoms with van der Waals surface area (Å²) < 4.78 is 6.67. The Bertz CT molecular complexity index is 644. The Morgan fingerprint density at radius 2 is 1.61 bits per heavy atom.